The lowest BCUT2D eigenvalue weighted by molar-refractivity contribution is 0.184. The zero-order valence-corrected chi connectivity index (χ0v) is 24.9. The van der Waals surface area contributed by atoms with E-state index in [4.69, 9.17) is 19.4 Å². The maximum absolute atomic E-state index is 5.46. The van der Waals surface area contributed by atoms with Crippen LogP contribution in [-0.2, 0) is 30.9 Å². The van der Waals surface area contributed by atoms with Crippen molar-refractivity contribution in [2.45, 2.75) is 58.7 Å². The Bertz CT molecular complexity index is 1370. The minimum absolute atomic E-state index is 0.519. The van der Waals surface area contributed by atoms with Gasteiger partial charge in [-0.3, -0.25) is 0 Å². The highest BCUT2D eigenvalue weighted by molar-refractivity contribution is 9.10. The van der Waals surface area contributed by atoms with Gasteiger partial charge in [0.05, 0.1) is 24.8 Å². The lowest BCUT2D eigenvalue weighted by Gasteiger charge is -2.15. The largest absolute Gasteiger partial charge is 0.497 e. The van der Waals surface area contributed by atoms with Crippen molar-refractivity contribution in [1.82, 2.24) is 19.4 Å². The Morgan fingerprint density at radius 1 is 1.00 bits per heavy atom. The quantitative estimate of drug-likeness (QED) is 0.165. The Morgan fingerprint density at radius 2 is 1.84 bits per heavy atom. The Hall–Kier alpha value is -2.68. The number of pyridine rings is 1. The van der Waals surface area contributed by atoms with E-state index in [0.29, 0.717) is 13.2 Å². The predicted molar refractivity (Wildman–Crippen MR) is 160 cm³/mol. The normalized spacial score (nSPS) is 11.7. The number of hydrogen-bond donors (Lipinski definition) is 1. The summed E-state index contributed by atoms with van der Waals surface area (Å²) >= 11 is 3.68. The molecule has 0 saturated heterocycles. The third kappa shape index (κ3) is 6.65. The number of methoxy groups -OCH3 is 2. The Kier molecular flexibility index (Phi) is 9.99. The van der Waals surface area contributed by atoms with Gasteiger partial charge in [-0.1, -0.05) is 35.3 Å². The summed E-state index contributed by atoms with van der Waals surface area (Å²) in [5, 5.41) is 4.76. The Labute approximate surface area is 234 Å². The molecule has 204 valence electrons. The van der Waals surface area contributed by atoms with Gasteiger partial charge in [0, 0.05) is 36.5 Å². The van der Waals surface area contributed by atoms with Crippen LogP contribution < -0.4 is 10.1 Å². The number of imidazole rings is 1. The van der Waals surface area contributed by atoms with Crippen molar-refractivity contribution in [3.63, 3.8) is 0 Å². The van der Waals surface area contributed by atoms with Gasteiger partial charge in [0.1, 0.15) is 17.1 Å². The summed E-state index contributed by atoms with van der Waals surface area (Å²) in [5.41, 5.74) is 5.31. The topological polar surface area (TPSA) is 64.4 Å². The van der Waals surface area contributed by atoms with E-state index in [1.807, 2.05) is 12.1 Å². The molecular formula is C30H40BrN5O2. The van der Waals surface area contributed by atoms with Gasteiger partial charge in [0.25, 0.3) is 0 Å². The van der Waals surface area contributed by atoms with E-state index >= 15 is 0 Å². The van der Waals surface area contributed by atoms with Crippen LogP contribution in [-0.4, -0.2) is 54.3 Å². The van der Waals surface area contributed by atoms with Crippen LogP contribution in [0.15, 0.2) is 40.9 Å². The molecule has 0 radical (unpaired) electrons. The van der Waals surface area contributed by atoms with Gasteiger partial charge < -0.3 is 24.3 Å². The number of nitrogens with zero attached hydrogens (tertiary/aromatic N) is 4. The first-order valence-electron chi connectivity index (χ1n) is 13.5. The third-order valence-corrected chi connectivity index (χ3v) is 7.36. The summed E-state index contributed by atoms with van der Waals surface area (Å²) in [6, 6.07) is 12.4. The predicted octanol–water partition coefficient (Wildman–Crippen LogP) is 6.80. The second kappa shape index (κ2) is 13.4. The molecule has 2 aromatic heterocycles. The van der Waals surface area contributed by atoms with Crippen LogP contribution in [0.4, 0.5) is 5.82 Å². The number of halogens is 1. The van der Waals surface area contributed by atoms with E-state index in [-0.39, 0.29) is 0 Å². The van der Waals surface area contributed by atoms with Gasteiger partial charge in [-0.25, -0.2) is 9.97 Å². The van der Waals surface area contributed by atoms with E-state index in [2.05, 4.69) is 76.0 Å². The average molecular weight is 583 g/mol. The lowest BCUT2D eigenvalue weighted by Crippen LogP contribution is -2.14. The van der Waals surface area contributed by atoms with E-state index in [9.17, 15) is 0 Å². The number of fused-ring (bicyclic) bond motifs is 3. The number of aromatic nitrogens is 3. The van der Waals surface area contributed by atoms with Crippen LogP contribution in [0.5, 0.6) is 5.75 Å². The second-order valence-corrected chi connectivity index (χ2v) is 10.9. The van der Waals surface area contributed by atoms with Gasteiger partial charge in [0.15, 0.2) is 5.82 Å². The molecule has 0 amide bonds. The van der Waals surface area contributed by atoms with Crippen LogP contribution in [0.25, 0.3) is 21.9 Å². The molecule has 0 bridgehead atoms. The molecule has 7 nitrogen and oxygen atoms in total. The molecule has 38 heavy (non-hydrogen) atoms. The first kappa shape index (κ1) is 28.3. The molecule has 0 aliphatic rings. The smallest absolute Gasteiger partial charge is 0.155 e. The number of benzene rings is 2. The van der Waals surface area contributed by atoms with Crippen LogP contribution in [0.2, 0.25) is 0 Å². The van der Waals surface area contributed by atoms with E-state index in [1.165, 1.54) is 5.52 Å². The maximum atomic E-state index is 5.46. The first-order valence-corrected chi connectivity index (χ1v) is 14.3. The number of aryl methyl sites for hydroxylation is 2. The third-order valence-electron chi connectivity index (χ3n) is 6.87. The minimum Gasteiger partial charge on any atom is -0.497 e. The number of nitrogens with one attached hydrogen (secondary N) is 1. The number of unbranched alkanes of at least 4 members (excludes halogenated alkanes) is 2. The Balaban J connectivity index is 1.77. The van der Waals surface area contributed by atoms with Crippen molar-refractivity contribution in [3.05, 3.63) is 57.8 Å². The summed E-state index contributed by atoms with van der Waals surface area (Å²) in [6.07, 6.45) is 5.47. The van der Waals surface area contributed by atoms with Crippen molar-refractivity contribution < 1.29 is 9.47 Å². The van der Waals surface area contributed by atoms with Crippen LogP contribution >= 0.6 is 15.9 Å². The fourth-order valence-corrected chi connectivity index (χ4v) is 5.23. The molecule has 0 aliphatic heterocycles. The van der Waals surface area contributed by atoms with Crippen molar-refractivity contribution in [3.8, 4) is 5.75 Å². The summed E-state index contributed by atoms with van der Waals surface area (Å²) in [4.78, 5) is 12.5. The highest BCUT2D eigenvalue weighted by Crippen LogP contribution is 2.33. The first-order chi connectivity index (χ1) is 18.4. The molecule has 0 unspecified atom stereocenters. The van der Waals surface area contributed by atoms with Gasteiger partial charge in [-0.2, -0.15) is 0 Å². The number of anilines is 1. The molecule has 0 atom stereocenters. The molecule has 1 N–H and O–H groups in total. The molecule has 8 heteroatoms. The Morgan fingerprint density at radius 3 is 2.58 bits per heavy atom. The summed E-state index contributed by atoms with van der Waals surface area (Å²) < 4.78 is 14.4. The molecule has 0 fully saturated rings. The highest BCUT2D eigenvalue weighted by Gasteiger charge is 2.19. The number of ether oxygens (including phenoxy) is 2. The zero-order chi connectivity index (χ0) is 27.1. The van der Waals surface area contributed by atoms with E-state index in [0.717, 1.165) is 94.6 Å². The zero-order valence-electron chi connectivity index (χ0n) is 23.3. The fourth-order valence-electron chi connectivity index (χ4n) is 4.86. The lowest BCUT2D eigenvalue weighted by atomic mass is 10.1. The van der Waals surface area contributed by atoms with Gasteiger partial charge in [-0.15, -0.1) is 0 Å². The highest BCUT2D eigenvalue weighted by atomic mass is 79.9. The molecule has 2 aromatic carbocycles. The average Bonchev–Trinajstić information content (AvgIpc) is 3.27. The van der Waals surface area contributed by atoms with Crippen LogP contribution in [0.3, 0.4) is 0 Å². The summed E-state index contributed by atoms with van der Waals surface area (Å²) in [6.45, 7) is 5.41. The molecule has 0 spiro atoms. The van der Waals surface area contributed by atoms with Crippen molar-refractivity contribution in [1.29, 1.82) is 0 Å². The number of rotatable bonds is 14. The van der Waals surface area contributed by atoms with Gasteiger partial charge in [0.2, 0.25) is 0 Å². The second-order valence-electron chi connectivity index (χ2n) is 10.0. The van der Waals surface area contributed by atoms with Crippen LogP contribution in [0.1, 0.15) is 49.6 Å². The molecule has 0 saturated carbocycles. The van der Waals surface area contributed by atoms with Gasteiger partial charge >= 0.3 is 0 Å². The van der Waals surface area contributed by atoms with Crippen molar-refractivity contribution >= 4 is 43.7 Å². The minimum atomic E-state index is 0.519. The van der Waals surface area contributed by atoms with Crippen LogP contribution in [0, 0.1) is 0 Å². The standard InChI is InChI=1S/C30H40BrN5O2/c1-6-7-10-27-34-28-29(36(27)16-9-8-15-35(2)3)25-18-23(31)12-14-26(25)33-30(28)32-19-21-11-13-24(38-5)17-22(21)20-37-4/h11-14,17-18H,6-10,15-16,19-20H2,1-5H3,(H,32,33). The van der Waals surface area contributed by atoms with Gasteiger partial charge in [-0.05, 0) is 81.4 Å². The van der Waals surface area contributed by atoms with E-state index in [1.54, 1.807) is 14.2 Å². The number of hydrogen-bond acceptors (Lipinski definition) is 6. The fraction of sp³-hybridized carbons (Fsp3) is 0.467. The summed E-state index contributed by atoms with van der Waals surface area (Å²) in [5.74, 6) is 2.79. The molecule has 4 rings (SSSR count). The van der Waals surface area contributed by atoms with E-state index < -0.39 is 0 Å². The monoisotopic (exact) mass is 581 g/mol. The van der Waals surface area contributed by atoms with Crippen molar-refractivity contribution in [2.75, 3.05) is 40.2 Å². The summed E-state index contributed by atoms with van der Waals surface area (Å²) in [7, 11) is 7.67. The molecule has 4 aromatic rings. The maximum Gasteiger partial charge on any atom is 0.155 e. The molecular weight excluding hydrogens is 542 g/mol. The molecule has 2 heterocycles. The van der Waals surface area contributed by atoms with Crippen molar-refractivity contribution in [2.24, 2.45) is 0 Å². The SMILES string of the molecule is CCCCc1nc2c(NCc3ccc(OC)cc3COC)nc3ccc(Br)cc3c2n1CCCCN(C)C. The molecule has 0 aliphatic carbocycles.